The van der Waals surface area contributed by atoms with Crippen LogP contribution in [-0.2, 0) is 4.79 Å². The van der Waals surface area contributed by atoms with Crippen LogP contribution in [0.2, 0.25) is 15.1 Å². The van der Waals surface area contributed by atoms with E-state index in [-0.39, 0.29) is 21.5 Å². The van der Waals surface area contributed by atoms with Crippen LogP contribution in [0.3, 0.4) is 0 Å². The number of hydrogen-bond donors (Lipinski definition) is 2. The van der Waals surface area contributed by atoms with Gasteiger partial charge in [-0.1, -0.05) is 52.6 Å². The second kappa shape index (κ2) is 9.10. The molecule has 0 saturated heterocycles. The normalized spacial score (nSPS) is 11.2. The summed E-state index contributed by atoms with van der Waals surface area (Å²) in [4.78, 5) is 27.4. The van der Waals surface area contributed by atoms with E-state index < -0.39 is 11.9 Å². The molecule has 0 unspecified atom stereocenters. The molecule has 0 spiro atoms. The van der Waals surface area contributed by atoms with Gasteiger partial charge in [0.05, 0.1) is 22.0 Å². The number of carbonyl (C=O) groups excluding carboxylic acids is 1. The number of rotatable bonds is 4. The molecule has 130 valence electrons. The third-order valence-corrected chi connectivity index (χ3v) is 4.41. The van der Waals surface area contributed by atoms with E-state index in [0.717, 1.165) is 11.8 Å². The van der Waals surface area contributed by atoms with E-state index in [1.807, 2.05) is 0 Å². The van der Waals surface area contributed by atoms with Crippen LogP contribution in [0.1, 0.15) is 10.4 Å². The Morgan fingerprint density at radius 3 is 2.44 bits per heavy atom. The van der Waals surface area contributed by atoms with Crippen molar-refractivity contribution in [3.05, 3.63) is 63.1 Å². The Balaban J connectivity index is 2.26. The van der Waals surface area contributed by atoms with Crippen molar-refractivity contribution >= 4 is 69.3 Å². The molecule has 2 aromatic rings. The lowest BCUT2D eigenvalue weighted by molar-refractivity contribution is -0.133. The van der Waals surface area contributed by atoms with Gasteiger partial charge in [0.2, 0.25) is 0 Å². The Morgan fingerprint density at radius 1 is 1.08 bits per heavy atom. The number of nitrogens with zero attached hydrogens (tertiary/aromatic N) is 1. The fourth-order valence-electron chi connectivity index (χ4n) is 1.73. The summed E-state index contributed by atoms with van der Waals surface area (Å²) in [6, 6.07) is 11.1. The zero-order valence-corrected chi connectivity index (χ0v) is 15.6. The summed E-state index contributed by atoms with van der Waals surface area (Å²) in [5, 5.41) is 12.6. The van der Waals surface area contributed by atoms with Gasteiger partial charge in [-0.2, -0.15) is 0 Å². The van der Waals surface area contributed by atoms with Crippen molar-refractivity contribution in [3.8, 4) is 0 Å². The number of aliphatic carboxylic acids is 1. The SMILES string of the molecule is O=C(O)CSC(=Nc1cccc(Cl)c1)NC(=O)c1ccc(Cl)cc1Cl. The highest BCUT2D eigenvalue weighted by Gasteiger charge is 2.14. The van der Waals surface area contributed by atoms with Crippen molar-refractivity contribution in [1.29, 1.82) is 0 Å². The minimum Gasteiger partial charge on any atom is -0.481 e. The minimum absolute atomic E-state index is 0.112. The Bertz CT molecular complexity index is 843. The maximum atomic E-state index is 12.4. The Hall–Kier alpha value is -1.73. The summed E-state index contributed by atoms with van der Waals surface area (Å²) in [5.74, 6) is -1.84. The minimum atomic E-state index is -1.04. The largest absolute Gasteiger partial charge is 0.481 e. The quantitative estimate of drug-likeness (QED) is 0.549. The lowest BCUT2D eigenvalue weighted by Crippen LogP contribution is -2.29. The predicted octanol–water partition coefficient (Wildman–Crippen LogP) is 4.88. The monoisotopic (exact) mass is 416 g/mol. The zero-order chi connectivity index (χ0) is 18.4. The summed E-state index contributed by atoms with van der Waals surface area (Å²) >= 11 is 18.6. The van der Waals surface area contributed by atoms with Crippen molar-refractivity contribution < 1.29 is 14.7 Å². The van der Waals surface area contributed by atoms with Crippen molar-refractivity contribution in [2.75, 3.05) is 5.75 Å². The third kappa shape index (κ3) is 6.25. The van der Waals surface area contributed by atoms with Crippen molar-refractivity contribution in [3.63, 3.8) is 0 Å². The fourth-order valence-corrected chi connectivity index (χ4v) is 3.00. The number of nitrogens with one attached hydrogen (secondary N) is 1. The number of benzene rings is 2. The second-order valence-electron chi connectivity index (χ2n) is 4.66. The van der Waals surface area contributed by atoms with Gasteiger partial charge in [-0.25, -0.2) is 4.99 Å². The summed E-state index contributed by atoms with van der Waals surface area (Å²) in [5.41, 5.74) is 0.670. The number of carboxylic acids is 1. The van der Waals surface area contributed by atoms with E-state index in [0.29, 0.717) is 15.7 Å². The van der Waals surface area contributed by atoms with Gasteiger partial charge in [0.1, 0.15) is 0 Å². The molecule has 9 heteroatoms. The molecule has 2 N–H and O–H groups in total. The third-order valence-electron chi connectivity index (χ3n) is 2.77. The molecular formula is C16H11Cl3N2O3S. The summed E-state index contributed by atoms with van der Waals surface area (Å²) < 4.78 is 0. The zero-order valence-electron chi connectivity index (χ0n) is 12.5. The van der Waals surface area contributed by atoms with E-state index in [2.05, 4.69) is 10.3 Å². The first kappa shape index (κ1) is 19.6. The van der Waals surface area contributed by atoms with Gasteiger partial charge < -0.3 is 10.4 Å². The van der Waals surface area contributed by atoms with Crippen LogP contribution in [0, 0.1) is 0 Å². The molecule has 0 aliphatic heterocycles. The van der Waals surface area contributed by atoms with Gasteiger partial charge in [0.15, 0.2) is 5.17 Å². The highest BCUT2D eigenvalue weighted by Crippen LogP contribution is 2.22. The van der Waals surface area contributed by atoms with Crippen LogP contribution in [-0.4, -0.2) is 27.9 Å². The van der Waals surface area contributed by atoms with E-state index in [4.69, 9.17) is 39.9 Å². The van der Waals surface area contributed by atoms with Crippen molar-refractivity contribution in [2.45, 2.75) is 0 Å². The first-order chi connectivity index (χ1) is 11.8. The molecule has 0 atom stereocenters. The van der Waals surface area contributed by atoms with Gasteiger partial charge in [-0.05, 0) is 36.4 Å². The molecule has 25 heavy (non-hydrogen) atoms. The van der Waals surface area contributed by atoms with Crippen LogP contribution in [0.15, 0.2) is 47.5 Å². The average molecular weight is 418 g/mol. The molecule has 0 heterocycles. The first-order valence-electron chi connectivity index (χ1n) is 6.80. The van der Waals surface area contributed by atoms with Crippen LogP contribution in [0.4, 0.5) is 5.69 Å². The van der Waals surface area contributed by atoms with Crippen LogP contribution in [0.25, 0.3) is 0 Å². The number of amides is 1. The molecule has 0 aromatic heterocycles. The first-order valence-corrected chi connectivity index (χ1v) is 8.92. The van der Waals surface area contributed by atoms with Crippen LogP contribution in [0.5, 0.6) is 0 Å². The Morgan fingerprint density at radius 2 is 1.80 bits per heavy atom. The van der Waals surface area contributed by atoms with Crippen LogP contribution < -0.4 is 5.32 Å². The summed E-state index contributed by atoms with van der Waals surface area (Å²) in [6.07, 6.45) is 0. The van der Waals surface area contributed by atoms with E-state index in [1.54, 1.807) is 24.3 Å². The second-order valence-corrected chi connectivity index (χ2v) is 6.90. The van der Waals surface area contributed by atoms with Gasteiger partial charge in [0.25, 0.3) is 5.91 Å². The van der Waals surface area contributed by atoms with Gasteiger partial charge in [-0.15, -0.1) is 0 Å². The summed E-state index contributed by atoms with van der Waals surface area (Å²) in [6.45, 7) is 0. The van der Waals surface area contributed by atoms with Gasteiger partial charge in [-0.3, -0.25) is 9.59 Å². The number of carbonyl (C=O) groups is 2. The number of carboxylic acid groups (broad SMARTS) is 1. The molecule has 2 rings (SSSR count). The fraction of sp³-hybridized carbons (Fsp3) is 0.0625. The molecule has 0 saturated carbocycles. The molecule has 0 fully saturated rings. The lowest BCUT2D eigenvalue weighted by Gasteiger charge is -2.09. The van der Waals surface area contributed by atoms with E-state index in [9.17, 15) is 9.59 Å². The molecule has 2 aromatic carbocycles. The molecule has 0 radical (unpaired) electrons. The lowest BCUT2D eigenvalue weighted by atomic mass is 10.2. The Labute approximate surface area is 163 Å². The molecule has 5 nitrogen and oxygen atoms in total. The van der Waals surface area contributed by atoms with E-state index in [1.165, 1.54) is 18.2 Å². The number of amidine groups is 1. The maximum absolute atomic E-state index is 12.4. The highest BCUT2D eigenvalue weighted by molar-refractivity contribution is 8.14. The molecular weight excluding hydrogens is 407 g/mol. The summed E-state index contributed by atoms with van der Waals surface area (Å²) in [7, 11) is 0. The predicted molar refractivity (Wildman–Crippen MR) is 103 cm³/mol. The Kier molecular flexibility index (Phi) is 7.13. The molecule has 0 aliphatic carbocycles. The highest BCUT2D eigenvalue weighted by atomic mass is 35.5. The smallest absolute Gasteiger partial charge is 0.313 e. The number of hydrogen-bond acceptors (Lipinski definition) is 4. The van der Waals surface area contributed by atoms with Crippen molar-refractivity contribution in [2.24, 2.45) is 4.99 Å². The molecule has 0 bridgehead atoms. The number of thioether (sulfide) groups is 1. The maximum Gasteiger partial charge on any atom is 0.313 e. The van der Waals surface area contributed by atoms with E-state index >= 15 is 0 Å². The molecule has 1 amide bonds. The number of halogens is 3. The average Bonchev–Trinajstić information content (AvgIpc) is 2.52. The standard InChI is InChI=1S/C16H11Cl3N2O3S/c17-9-2-1-3-11(6-9)20-16(25-8-14(22)23)21-15(24)12-5-4-10(18)7-13(12)19/h1-7H,8H2,(H,22,23)(H,20,21,24). The van der Waals surface area contributed by atoms with Gasteiger partial charge in [0, 0.05) is 10.0 Å². The van der Waals surface area contributed by atoms with Crippen molar-refractivity contribution in [1.82, 2.24) is 5.32 Å². The van der Waals surface area contributed by atoms with Crippen LogP contribution >= 0.6 is 46.6 Å². The molecule has 0 aliphatic rings. The number of aliphatic imine (C=N–C) groups is 1. The van der Waals surface area contributed by atoms with Gasteiger partial charge >= 0.3 is 5.97 Å². The topological polar surface area (TPSA) is 78.8 Å².